The Morgan fingerprint density at radius 3 is 2.70 bits per heavy atom. The highest BCUT2D eigenvalue weighted by molar-refractivity contribution is 6.30. The quantitative estimate of drug-likeness (QED) is 0.887. The van der Waals surface area contributed by atoms with Gasteiger partial charge in [-0.05, 0) is 36.4 Å². The van der Waals surface area contributed by atoms with Crippen LogP contribution < -0.4 is 5.32 Å². The van der Waals surface area contributed by atoms with Crippen molar-refractivity contribution >= 4 is 11.6 Å². The van der Waals surface area contributed by atoms with Crippen LogP contribution in [0.5, 0.6) is 0 Å². The molecule has 0 saturated carbocycles. The summed E-state index contributed by atoms with van der Waals surface area (Å²) in [4.78, 5) is 4.39. The average Bonchev–Trinajstić information content (AvgIpc) is 2.48. The van der Waals surface area contributed by atoms with Crippen molar-refractivity contribution in [2.75, 3.05) is 6.54 Å². The minimum atomic E-state index is -0.389. The predicted molar refractivity (Wildman–Crippen MR) is 80.5 cm³/mol. The van der Waals surface area contributed by atoms with E-state index in [9.17, 15) is 4.39 Å². The Balaban J connectivity index is 2.33. The summed E-state index contributed by atoms with van der Waals surface area (Å²) in [5.41, 5.74) is 1.86. The molecule has 106 valence electrons. The first kappa shape index (κ1) is 14.9. The van der Waals surface area contributed by atoms with E-state index < -0.39 is 0 Å². The Hall–Kier alpha value is -1.45. The average molecular weight is 293 g/mol. The second kappa shape index (κ2) is 6.82. The van der Waals surface area contributed by atoms with Gasteiger partial charge in [-0.1, -0.05) is 37.6 Å². The lowest BCUT2D eigenvalue weighted by Gasteiger charge is -2.25. The second-order valence-corrected chi connectivity index (χ2v) is 5.16. The Bertz CT molecular complexity index is 560. The fourth-order valence-electron chi connectivity index (χ4n) is 2.33. The van der Waals surface area contributed by atoms with E-state index in [2.05, 4.69) is 17.2 Å². The van der Waals surface area contributed by atoms with Gasteiger partial charge in [-0.15, -0.1) is 0 Å². The Labute approximate surface area is 124 Å². The lowest BCUT2D eigenvalue weighted by Crippen LogP contribution is -2.26. The molecule has 1 heterocycles. The zero-order valence-electron chi connectivity index (χ0n) is 11.6. The van der Waals surface area contributed by atoms with Gasteiger partial charge in [0.15, 0.2) is 0 Å². The van der Waals surface area contributed by atoms with E-state index >= 15 is 0 Å². The highest BCUT2D eigenvalue weighted by Gasteiger charge is 2.21. The van der Waals surface area contributed by atoms with Gasteiger partial charge >= 0.3 is 0 Å². The first-order chi connectivity index (χ1) is 9.63. The van der Waals surface area contributed by atoms with E-state index in [4.69, 9.17) is 11.6 Å². The van der Waals surface area contributed by atoms with Crippen LogP contribution in [0.15, 0.2) is 42.6 Å². The van der Waals surface area contributed by atoms with Crippen LogP contribution in [0, 0.1) is 5.82 Å². The molecule has 1 aromatic heterocycles. The minimum absolute atomic E-state index is 0.00154. The van der Waals surface area contributed by atoms with Gasteiger partial charge in [0.1, 0.15) is 5.82 Å². The lowest BCUT2D eigenvalue weighted by atomic mass is 9.91. The van der Waals surface area contributed by atoms with Gasteiger partial charge in [-0.25, -0.2) is 4.39 Å². The zero-order valence-corrected chi connectivity index (χ0v) is 12.4. The third-order valence-electron chi connectivity index (χ3n) is 3.38. The van der Waals surface area contributed by atoms with Crippen LogP contribution in [-0.2, 0) is 0 Å². The Kier molecular flexibility index (Phi) is 5.10. The summed E-state index contributed by atoms with van der Waals surface area (Å²) in [6.07, 6.45) is 1.78. The number of likely N-dealkylation sites (N-methyl/N-ethyl adjacent to an activating group) is 1. The van der Waals surface area contributed by atoms with Gasteiger partial charge in [0.25, 0.3) is 0 Å². The van der Waals surface area contributed by atoms with Crippen LogP contribution in [0.25, 0.3) is 0 Å². The maximum Gasteiger partial charge on any atom is 0.142 e. The van der Waals surface area contributed by atoms with Gasteiger partial charge < -0.3 is 5.32 Å². The molecule has 2 aromatic rings. The van der Waals surface area contributed by atoms with Crippen molar-refractivity contribution in [2.24, 2.45) is 0 Å². The van der Waals surface area contributed by atoms with Crippen LogP contribution in [0.2, 0.25) is 5.02 Å². The molecule has 2 unspecified atom stereocenters. The molecule has 2 nitrogen and oxygen atoms in total. The van der Waals surface area contributed by atoms with Gasteiger partial charge in [-0.2, -0.15) is 0 Å². The summed E-state index contributed by atoms with van der Waals surface area (Å²) in [5, 5.41) is 3.54. The zero-order chi connectivity index (χ0) is 14.5. The molecule has 0 fully saturated rings. The van der Waals surface area contributed by atoms with Crippen molar-refractivity contribution in [1.82, 2.24) is 10.3 Å². The van der Waals surface area contributed by atoms with Crippen LogP contribution in [0.1, 0.15) is 37.1 Å². The third-order valence-corrected chi connectivity index (χ3v) is 3.69. The summed E-state index contributed by atoms with van der Waals surface area (Å²) < 4.78 is 13.7. The Morgan fingerprint density at radius 1 is 1.30 bits per heavy atom. The number of benzene rings is 1. The highest BCUT2D eigenvalue weighted by Crippen LogP contribution is 2.31. The number of hydrogen-bond acceptors (Lipinski definition) is 2. The van der Waals surface area contributed by atoms with Crippen molar-refractivity contribution in [3.8, 4) is 0 Å². The molecule has 0 aliphatic rings. The molecule has 4 heteroatoms. The van der Waals surface area contributed by atoms with Crippen molar-refractivity contribution in [2.45, 2.75) is 25.8 Å². The van der Waals surface area contributed by atoms with Crippen molar-refractivity contribution in [3.05, 3.63) is 64.7 Å². The van der Waals surface area contributed by atoms with Gasteiger partial charge in [0.05, 0.1) is 5.02 Å². The highest BCUT2D eigenvalue weighted by atomic mass is 35.5. The molecule has 1 aromatic carbocycles. The minimum Gasteiger partial charge on any atom is -0.310 e. The molecule has 0 radical (unpaired) electrons. The standard InChI is InChI=1S/C16H18ClFN2/c1-3-19-16(11(2)15-6-4-5-9-20-15)12-7-8-13(17)14(18)10-12/h4-11,16,19H,3H2,1-2H3. The van der Waals surface area contributed by atoms with Crippen LogP contribution in [0.4, 0.5) is 4.39 Å². The molecule has 0 saturated heterocycles. The molecule has 1 N–H and O–H groups in total. The number of nitrogens with zero attached hydrogens (tertiary/aromatic N) is 1. The molecule has 2 rings (SSSR count). The normalized spacial score (nSPS) is 14.0. The van der Waals surface area contributed by atoms with E-state index in [1.807, 2.05) is 31.2 Å². The summed E-state index contributed by atoms with van der Waals surface area (Å²) in [6, 6.07) is 10.8. The predicted octanol–water partition coefficient (Wildman–Crippen LogP) is 4.33. The molecular weight excluding hydrogens is 275 g/mol. The SMILES string of the molecule is CCNC(c1ccc(Cl)c(F)c1)C(C)c1ccccn1. The molecular formula is C16H18ClFN2. The first-order valence-electron chi connectivity index (χ1n) is 6.72. The second-order valence-electron chi connectivity index (χ2n) is 4.75. The maximum absolute atomic E-state index is 13.7. The fourth-order valence-corrected chi connectivity index (χ4v) is 2.44. The van der Waals surface area contributed by atoms with E-state index in [0.29, 0.717) is 0 Å². The van der Waals surface area contributed by atoms with Crippen molar-refractivity contribution in [1.29, 1.82) is 0 Å². The van der Waals surface area contributed by atoms with Gasteiger partial charge in [0, 0.05) is 23.9 Å². The number of nitrogens with one attached hydrogen (secondary N) is 1. The number of hydrogen-bond donors (Lipinski definition) is 1. The summed E-state index contributed by atoms with van der Waals surface area (Å²) >= 11 is 5.75. The lowest BCUT2D eigenvalue weighted by molar-refractivity contribution is 0.469. The molecule has 0 spiro atoms. The Morgan fingerprint density at radius 2 is 2.10 bits per heavy atom. The summed E-state index contributed by atoms with van der Waals surface area (Å²) in [6.45, 7) is 4.92. The number of pyridine rings is 1. The summed E-state index contributed by atoms with van der Waals surface area (Å²) in [5.74, 6) is -0.253. The first-order valence-corrected chi connectivity index (χ1v) is 7.10. The maximum atomic E-state index is 13.7. The summed E-state index contributed by atoms with van der Waals surface area (Å²) in [7, 11) is 0. The smallest absolute Gasteiger partial charge is 0.142 e. The topological polar surface area (TPSA) is 24.9 Å². The third kappa shape index (κ3) is 3.35. The number of aromatic nitrogens is 1. The number of rotatable bonds is 5. The van der Waals surface area contributed by atoms with Crippen LogP contribution in [0.3, 0.4) is 0 Å². The van der Waals surface area contributed by atoms with E-state index in [1.54, 1.807) is 12.3 Å². The molecule has 0 amide bonds. The van der Waals surface area contributed by atoms with Crippen molar-refractivity contribution in [3.63, 3.8) is 0 Å². The van der Waals surface area contributed by atoms with E-state index in [1.165, 1.54) is 6.07 Å². The van der Waals surface area contributed by atoms with Crippen molar-refractivity contribution < 1.29 is 4.39 Å². The van der Waals surface area contributed by atoms with Gasteiger partial charge in [0.2, 0.25) is 0 Å². The number of halogens is 2. The molecule has 20 heavy (non-hydrogen) atoms. The molecule has 0 aliphatic heterocycles. The fraction of sp³-hybridized carbons (Fsp3) is 0.312. The van der Waals surface area contributed by atoms with E-state index in [-0.39, 0.29) is 22.8 Å². The largest absolute Gasteiger partial charge is 0.310 e. The van der Waals surface area contributed by atoms with Crippen LogP contribution in [-0.4, -0.2) is 11.5 Å². The van der Waals surface area contributed by atoms with Gasteiger partial charge in [-0.3, -0.25) is 4.98 Å². The monoisotopic (exact) mass is 292 g/mol. The molecule has 0 aliphatic carbocycles. The molecule has 2 atom stereocenters. The van der Waals surface area contributed by atoms with E-state index in [0.717, 1.165) is 17.8 Å². The van der Waals surface area contributed by atoms with Crippen LogP contribution >= 0.6 is 11.6 Å². The molecule has 0 bridgehead atoms.